The molecular formula is C14H24N2O3. The van der Waals surface area contributed by atoms with Gasteiger partial charge in [0.05, 0.1) is 12.0 Å². The molecule has 1 atom stereocenters. The fraction of sp³-hybridized carbons (Fsp3) is 0.857. The largest absolute Gasteiger partial charge is 0.481 e. The molecule has 5 heteroatoms. The van der Waals surface area contributed by atoms with Crippen LogP contribution in [0.25, 0.3) is 0 Å². The molecule has 108 valence electrons. The first-order valence-electron chi connectivity index (χ1n) is 7.25. The summed E-state index contributed by atoms with van der Waals surface area (Å²) in [5.74, 6) is -0.790. The van der Waals surface area contributed by atoms with Crippen molar-refractivity contribution in [1.82, 2.24) is 4.90 Å². The predicted molar refractivity (Wildman–Crippen MR) is 71.5 cm³/mol. The molecule has 0 aromatic carbocycles. The molecule has 0 heterocycles. The SMILES string of the molecule is CN(C(=O)[C@@H](N)C1CCC(C(=O)O)CC1)C1CCC1. The van der Waals surface area contributed by atoms with Crippen molar-refractivity contribution in [1.29, 1.82) is 0 Å². The minimum Gasteiger partial charge on any atom is -0.481 e. The van der Waals surface area contributed by atoms with E-state index in [0.717, 1.165) is 25.7 Å². The Hall–Kier alpha value is -1.10. The van der Waals surface area contributed by atoms with Crippen molar-refractivity contribution in [3.8, 4) is 0 Å². The zero-order chi connectivity index (χ0) is 14.0. The fourth-order valence-corrected chi connectivity index (χ4v) is 3.12. The Bertz CT molecular complexity index is 347. The maximum absolute atomic E-state index is 12.3. The molecule has 3 N–H and O–H groups in total. The van der Waals surface area contributed by atoms with Crippen molar-refractivity contribution in [2.75, 3.05) is 7.05 Å². The third-order valence-electron chi connectivity index (χ3n) is 4.88. The van der Waals surface area contributed by atoms with Gasteiger partial charge >= 0.3 is 5.97 Å². The highest BCUT2D eigenvalue weighted by molar-refractivity contribution is 5.82. The van der Waals surface area contributed by atoms with Crippen molar-refractivity contribution in [3.63, 3.8) is 0 Å². The summed E-state index contributed by atoms with van der Waals surface area (Å²) >= 11 is 0. The minimum absolute atomic E-state index is 0.0310. The van der Waals surface area contributed by atoms with Gasteiger partial charge in [0.1, 0.15) is 0 Å². The maximum atomic E-state index is 12.3. The van der Waals surface area contributed by atoms with Crippen molar-refractivity contribution in [2.45, 2.75) is 57.0 Å². The number of nitrogens with zero attached hydrogens (tertiary/aromatic N) is 1. The zero-order valence-electron chi connectivity index (χ0n) is 11.5. The number of nitrogens with two attached hydrogens (primary N) is 1. The number of carbonyl (C=O) groups is 2. The van der Waals surface area contributed by atoms with Gasteiger partial charge in [-0.15, -0.1) is 0 Å². The van der Waals surface area contributed by atoms with Gasteiger partial charge in [-0.05, 0) is 50.9 Å². The summed E-state index contributed by atoms with van der Waals surface area (Å²) in [6, 6.07) is -0.0887. The van der Waals surface area contributed by atoms with Crippen LogP contribution in [0.5, 0.6) is 0 Å². The molecule has 0 bridgehead atoms. The van der Waals surface area contributed by atoms with Crippen LogP contribution in [0, 0.1) is 11.8 Å². The van der Waals surface area contributed by atoms with E-state index in [9.17, 15) is 9.59 Å². The molecule has 0 saturated heterocycles. The molecule has 1 amide bonds. The predicted octanol–water partition coefficient (Wildman–Crippen LogP) is 1.22. The van der Waals surface area contributed by atoms with Gasteiger partial charge in [-0.2, -0.15) is 0 Å². The lowest BCUT2D eigenvalue weighted by atomic mass is 9.78. The molecule has 0 unspecified atom stereocenters. The Balaban J connectivity index is 1.84. The van der Waals surface area contributed by atoms with Crippen molar-refractivity contribution in [2.24, 2.45) is 17.6 Å². The second-order valence-corrected chi connectivity index (χ2v) is 6.01. The first kappa shape index (κ1) is 14.3. The number of hydrogen-bond donors (Lipinski definition) is 2. The van der Waals surface area contributed by atoms with Gasteiger partial charge in [0, 0.05) is 13.1 Å². The van der Waals surface area contributed by atoms with Crippen LogP contribution < -0.4 is 5.73 Å². The van der Waals surface area contributed by atoms with Crippen LogP contribution in [0.4, 0.5) is 0 Å². The highest BCUT2D eigenvalue weighted by Gasteiger charge is 2.35. The Labute approximate surface area is 114 Å². The first-order chi connectivity index (χ1) is 9.00. The average molecular weight is 268 g/mol. The molecule has 0 spiro atoms. The van der Waals surface area contributed by atoms with E-state index in [0.29, 0.717) is 18.9 Å². The third kappa shape index (κ3) is 3.08. The second-order valence-electron chi connectivity index (χ2n) is 6.01. The van der Waals surface area contributed by atoms with E-state index in [2.05, 4.69) is 0 Å². The van der Waals surface area contributed by atoms with Crippen molar-refractivity contribution >= 4 is 11.9 Å². The first-order valence-corrected chi connectivity index (χ1v) is 7.25. The number of hydrogen-bond acceptors (Lipinski definition) is 3. The van der Waals surface area contributed by atoms with Crippen LogP contribution in [-0.2, 0) is 9.59 Å². The monoisotopic (exact) mass is 268 g/mol. The molecule has 5 nitrogen and oxygen atoms in total. The Kier molecular flexibility index (Phi) is 4.45. The third-order valence-corrected chi connectivity index (χ3v) is 4.88. The van der Waals surface area contributed by atoms with E-state index in [1.807, 2.05) is 7.05 Å². The van der Waals surface area contributed by atoms with Crippen LogP contribution in [-0.4, -0.2) is 41.0 Å². The number of amides is 1. The molecular weight excluding hydrogens is 244 g/mol. The Morgan fingerprint density at radius 1 is 1.16 bits per heavy atom. The molecule has 2 aliphatic carbocycles. The summed E-state index contributed by atoms with van der Waals surface area (Å²) in [5, 5.41) is 8.97. The number of carbonyl (C=O) groups excluding carboxylic acids is 1. The molecule has 2 saturated carbocycles. The lowest BCUT2D eigenvalue weighted by Gasteiger charge is -2.38. The summed E-state index contributed by atoms with van der Waals surface area (Å²) in [6.45, 7) is 0. The number of aliphatic carboxylic acids is 1. The second kappa shape index (κ2) is 5.90. The minimum atomic E-state index is -0.718. The smallest absolute Gasteiger partial charge is 0.306 e. The van der Waals surface area contributed by atoms with Gasteiger partial charge < -0.3 is 15.7 Å². The van der Waals surface area contributed by atoms with Crippen LogP contribution in [0.15, 0.2) is 0 Å². The van der Waals surface area contributed by atoms with Gasteiger partial charge in [0.15, 0.2) is 0 Å². The highest BCUT2D eigenvalue weighted by Crippen LogP contribution is 2.32. The van der Waals surface area contributed by atoms with Gasteiger partial charge in [0.2, 0.25) is 5.91 Å². The van der Waals surface area contributed by atoms with E-state index in [4.69, 9.17) is 10.8 Å². The van der Waals surface area contributed by atoms with E-state index in [-0.39, 0.29) is 17.7 Å². The van der Waals surface area contributed by atoms with Crippen LogP contribution in [0.3, 0.4) is 0 Å². The van der Waals surface area contributed by atoms with Crippen molar-refractivity contribution < 1.29 is 14.7 Å². The molecule has 2 fully saturated rings. The van der Waals surface area contributed by atoms with Gasteiger partial charge in [-0.25, -0.2) is 0 Å². The van der Waals surface area contributed by atoms with Gasteiger partial charge in [0.25, 0.3) is 0 Å². The zero-order valence-corrected chi connectivity index (χ0v) is 11.5. The molecule has 0 aliphatic heterocycles. The molecule has 19 heavy (non-hydrogen) atoms. The van der Waals surface area contributed by atoms with E-state index in [1.165, 1.54) is 6.42 Å². The maximum Gasteiger partial charge on any atom is 0.306 e. The number of likely N-dealkylation sites (N-methyl/N-ethyl adjacent to an activating group) is 1. The van der Waals surface area contributed by atoms with E-state index >= 15 is 0 Å². The molecule has 0 aromatic heterocycles. The van der Waals surface area contributed by atoms with Gasteiger partial charge in [-0.1, -0.05) is 0 Å². The normalized spacial score (nSPS) is 29.4. The summed E-state index contributed by atoms with van der Waals surface area (Å²) in [4.78, 5) is 25.0. The Morgan fingerprint density at radius 3 is 2.16 bits per heavy atom. The van der Waals surface area contributed by atoms with Crippen molar-refractivity contribution in [3.05, 3.63) is 0 Å². The molecule has 2 aliphatic rings. The fourth-order valence-electron chi connectivity index (χ4n) is 3.12. The summed E-state index contributed by atoms with van der Waals surface area (Å²) in [6.07, 6.45) is 6.16. The van der Waals surface area contributed by atoms with E-state index < -0.39 is 12.0 Å². The topological polar surface area (TPSA) is 83.6 Å². The quantitative estimate of drug-likeness (QED) is 0.803. The standard InChI is InChI=1S/C14H24N2O3/c1-16(11-3-2-4-11)13(17)12(15)9-5-7-10(8-6-9)14(18)19/h9-12H,2-8,15H2,1H3,(H,18,19)/t9?,10?,12-/m0/s1. The molecule has 0 aromatic rings. The summed E-state index contributed by atoms with van der Waals surface area (Å²) in [7, 11) is 1.84. The lowest BCUT2D eigenvalue weighted by molar-refractivity contribution is -0.143. The summed E-state index contributed by atoms with van der Waals surface area (Å²) < 4.78 is 0. The highest BCUT2D eigenvalue weighted by atomic mass is 16.4. The lowest BCUT2D eigenvalue weighted by Crippen LogP contribution is -2.52. The molecule has 0 radical (unpaired) electrons. The van der Waals surface area contributed by atoms with E-state index in [1.54, 1.807) is 4.90 Å². The average Bonchev–Trinajstić information content (AvgIpc) is 2.35. The van der Waals surface area contributed by atoms with Crippen LogP contribution in [0.1, 0.15) is 44.9 Å². The van der Waals surface area contributed by atoms with Crippen LogP contribution >= 0.6 is 0 Å². The van der Waals surface area contributed by atoms with Gasteiger partial charge in [-0.3, -0.25) is 9.59 Å². The van der Waals surface area contributed by atoms with Crippen LogP contribution in [0.2, 0.25) is 0 Å². The number of carboxylic acid groups (broad SMARTS) is 1. The Morgan fingerprint density at radius 2 is 1.74 bits per heavy atom. The number of rotatable bonds is 4. The number of carboxylic acids is 1. The summed E-state index contributed by atoms with van der Waals surface area (Å²) in [5.41, 5.74) is 6.09. The molecule has 2 rings (SSSR count).